The maximum Gasteiger partial charge on any atom is 0.134 e. The molecule has 1 aliphatic rings. The van der Waals surface area contributed by atoms with E-state index in [-0.39, 0.29) is 0 Å². The van der Waals surface area contributed by atoms with Crippen molar-refractivity contribution < 1.29 is 4.42 Å². The van der Waals surface area contributed by atoms with Gasteiger partial charge in [0, 0.05) is 10.4 Å². The Morgan fingerprint density at radius 2 is 2.16 bits per heavy atom. The van der Waals surface area contributed by atoms with Crippen molar-refractivity contribution in [2.45, 2.75) is 32.2 Å². The topological polar surface area (TPSA) is 25.2 Å². The van der Waals surface area contributed by atoms with E-state index in [1.807, 2.05) is 25.2 Å². The summed E-state index contributed by atoms with van der Waals surface area (Å²) in [7, 11) is 2.02. The van der Waals surface area contributed by atoms with Crippen molar-refractivity contribution in [1.82, 2.24) is 5.32 Å². The van der Waals surface area contributed by atoms with Gasteiger partial charge in [-0.15, -0.1) is 0 Å². The molecule has 1 aromatic carbocycles. The Labute approximate surface area is 119 Å². The van der Waals surface area contributed by atoms with E-state index in [0.29, 0.717) is 12.0 Å². The van der Waals surface area contributed by atoms with Crippen molar-refractivity contribution in [2.24, 2.45) is 11.8 Å². The summed E-state index contributed by atoms with van der Waals surface area (Å²) in [4.78, 5) is 0. The lowest BCUT2D eigenvalue weighted by atomic mass is 9.89. The molecule has 1 saturated carbocycles. The summed E-state index contributed by atoms with van der Waals surface area (Å²) in [5.41, 5.74) is 0.922. The molecule has 0 aliphatic heterocycles. The predicted octanol–water partition coefficient (Wildman–Crippen LogP) is 4.78. The molecule has 3 unspecified atom stereocenters. The van der Waals surface area contributed by atoms with Gasteiger partial charge in [-0.1, -0.05) is 31.4 Å². The van der Waals surface area contributed by atoms with Gasteiger partial charge in [0.15, 0.2) is 0 Å². The smallest absolute Gasteiger partial charge is 0.134 e. The summed E-state index contributed by atoms with van der Waals surface area (Å²) < 4.78 is 6.02. The van der Waals surface area contributed by atoms with Crippen molar-refractivity contribution in [2.75, 3.05) is 7.05 Å². The molecule has 0 saturated heterocycles. The molecule has 0 spiro atoms. The molecular weight excluding hydrogens is 258 g/mol. The first-order valence-electron chi connectivity index (χ1n) is 7.05. The molecule has 3 rings (SSSR count). The minimum absolute atomic E-state index is 0.309. The van der Waals surface area contributed by atoms with E-state index in [1.54, 1.807) is 0 Å². The molecular formula is C16H20ClNO. The second kappa shape index (κ2) is 5.18. The highest BCUT2D eigenvalue weighted by molar-refractivity contribution is 6.31. The molecule has 1 aromatic heterocycles. The van der Waals surface area contributed by atoms with Crippen molar-refractivity contribution in [3.05, 3.63) is 35.0 Å². The Morgan fingerprint density at radius 3 is 2.84 bits per heavy atom. The fourth-order valence-corrected chi connectivity index (χ4v) is 3.61. The quantitative estimate of drug-likeness (QED) is 0.873. The van der Waals surface area contributed by atoms with Crippen LogP contribution in [-0.2, 0) is 0 Å². The van der Waals surface area contributed by atoms with Gasteiger partial charge in [-0.05, 0) is 49.6 Å². The maximum absolute atomic E-state index is 6.03. The van der Waals surface area contributed by atoms with Crippen LogP contribution in [-0.4, -0.2) is 7.05 Å². The third kappa shape index (κ3) is 2.39. The fraction of sp³-hybridized carbons (Fsp3) is 0.500. The standard InChI is InChI=1S/C16H20ClNO/c1-10-4-3-5-13(10)16(18-2)15-9-11-8-12(17)6-7-14(11)19-15/h6-10,13,16,18H,3-5H2,1-2H3. The lowest BCUT2D eigenvalue weighted by molar-refractivity contribution is 0.282. The van der Waals surface area contributed by atoms with Crippen molar-refractivity contribution in [3.8, 4) is 0 Å². The number of halogens is 1. The highest BCUT2D eigenvalue weighted by atomic mass is 35.5. The zero-order valence-corrected chi connectivity index (χ0v) is 12.2. The van der Waals surface area contributed by atoms with E-state index in [0.717, 1.165) is 27.7 Å². The van der Waals surface area contributed by atoms with E-state index in [1.165, 1.54) is 19.3 Å². The van der Waals surface area contributed by atoms with Crippen LogP contribution in [0.1, 0.15) is 38.0 Å². The highest BCUT2D eigenvalue weighted by Crippen LogP contribution is 2.41. The van der Waals surface area contributed by atoms with Crippen LogP contribution in [0.15, 0.2) is 28.7 Å². The number of nitrogens with one attached hydrogen (secondary N) is 1. The first-order chi connectivity index (χ1) is 9.19. The van der Waals surface area contributed by atoms with Crippen LogP contribution >= 0.6 is 11.6 Å². The molecule has 3 heteroatoms. The average molecular weight is 278 g/mol. The lowest BCUT2D eigenvalue weighted by Crippen LogP contribution is -2.26. The molecule has 2 aromatic rings. The second-order valence-corrected chi connectivity index (χ2v) is 6.11. The van der Waals surface area contributed by atoms with E-state index < -0.39 is 0 Å². The Bertz CT molecular complexity index is 577. The van der Waals surface area contributed by atoms with E-state index in [4.69, 9.17) is 16.0 Å². The molecule has 1 fully saturated rings. The Kier molecular flexibility index (Phi) is 3.55. The third-order valence-corrected chi connectivity index (χ3v) is 4.71. The molecule has 2 nitrogen and oxygen atoms in total. The van der Waals surface area contributed by atoms with Gasteiger partial charge in [-0.2, -0.15) is 0 Å². The van der Waals surface area contributed by atoms with Gasteiger partial charge < -0.3 is 9.73 Å². The number of hydrogen-bond donors (Lipinski definition) is 1. The molecule has 1 heterocycles. The first kappa shape index (κ1) is 13.0. The summed E-state index contributed by atoms with van der Waals surface area (Å²) in [6.45, 7) is 2.35. The summed E-state index contributed by atoms with van der Waals surface area (Å²) in [6.07, 6.45) is 3.94. The Hall–Kier alpha value is -0.990. The maximum atomic E-state index is 6.03. The average Bonchev–Trinajstić information content (AvgIpc) is 2.97. The summed E-state index contributed by atoms with van der Waals surface area (Å²) in [5.74, 6) is 2.47. The molecule has 0 bridgehead atoms. The molecule has 19 heavy (non-hydrogen) atoms. The number of hydrogen-bond acceptors (Lipinski definition) is 2. The fourth-order valence-electron chi connectivity index (χ4n) is 3.42. The number of fused-ring (bicyclic) bond motifs is 1. The number of rotatable bonds is 3. The third-order valence-electron chi connectivity index (χ3n) is 4.47. The number of furan rings is 1. The Balaban J connectivity index is 1.96. The highest BCUT2D eigenvalue weighted by Gasteiger charge is 2.32. The van der Waals surface area contributed by atoms with Gasteiger partial charge in [0.2, 0.25) is 0 Å². The second-order valence-electron chi connectivity index (χ2n) is 5.67. The zero-order chi connectivity index (χ0) is 13.4. The van der Waals surface area contributed by atoms with Crippen LogP contribution in [0.3, 0.4) is 0 Å². The monoisotopic (exact) mass is 277 g/mol. The first-order valence-corrected chi connectivity index (χ1v) is 7.43. The van der Waals surface area contributed by atoms with Gasteiger partial charge in [0.1, 0.15) is 11.3 Å². The van der Waals surface area contributed by atoms with Crippen LogP contribution in [0.2, 0.25) is 5.02 Å². The van der Waals surface area contributed by atoms with Gasteiger partial charge in [0.25, 0.3) is 0 Å². The van der Waals surface area contributed by atoms with Crippen LogP contribution in [0.25, 0.3) is 11.0 Å². The molecule has 1 aliphatic carbocycles. The lowest BCUT2D eigenvalue weighted by Gasteiger charge is -2.24. The van der Waals surface area contributed by atoms with Crippen LogP contribution in [0, 0.1) is 11.8 Å². The van der Waals surface area contributed by atoms with Crippen LogP contribution in [0.5, 0.6) is 0 Å². The summed E-state index contributed by atoms with van der Waals surface area (Å²) in [5, 5.41) is 5.29. The SMILES string of the molecule is CNC(c1cc2cc(Cl)ccc2o1)C1CCCC1C. The molecule has 102 valence electrons. The van der Waals surface area contributed by atoms with E-state index in [9.17, 15) is 0 Å². The zero-order valence-electron chi connectivity index (χ0n) is 11.4. The minimum Gasteiger partial charge on any atom is -0.459 e. The molecule has 0 amide bonds. The van der Waals surface area contributed by atoms with E-state index >= 15 is 0 Å². The van der Waals surface area contributed by atoms with Crippen molar-refractivity contribution in [1.29, 1.82) is 0 Å². The largest absolute Gasteiger partial charge is 0.459 e. The van der Waals surface area contributed by atoms with Crippen molar-refractivity contribution >= 4 is 22.6 Å². The van der Waals surface area contributed by atoms with Gasteiger partial charge >= 0.3 is 0 Å². The van der Waals surface area contributed by atoms with E-state index in [2.05, 4.69) is 18.3 Å². The van der Waals surface area contributed by atoms with Crippen LogP contribution < -0.4 is 5.32 Å². The Morgan fingerprint density at radius 1 is 1.32 bits per heavy atom. The summed E-state index contributed by atoms with van der Waals surface area (Å²) in [6, 6.07) is 8.24. The van der Waals surface area contributed by atoms with Gasteiger partial charge in [-0.25, -0.2) is 0 Å². The molecule has 0 radical (unpaired) electrons. The van der Waals surface area contributed by atoms with Crippen LogP contribution in [0.4, 0.5) is 0 Å². The van der Waals surface area contributed by atoms with Gasteiger partial charge in [0.05, 0.1) is 6.04 Å². The minimum atomic E-state index is 0.309. The molecule has 1 N–H and O–H groups in total. The summed E-state index contributed by atoms with van der Waals surface area (Å²) >= 11 is 6.03. The predicted molar refractivity (Wildman–Crippen MR) is 79.5 cm³/mol. The number of benzene rings is 1. The van der Waals surface area contributed by atoms with Crippen molar-refractivity contribution in [3.63, 3.8) is 0 Å². The normalized spacial score (nSPS) is 25.0. The molecule has 3 atom stereocenters. The van der Waals surface area contributed by atoms with Gasteiger partial charge in [-0.3, -0.25) is 0 Å².